The largest absolute Gasteiger partial charge is 0.487 e. The molecule has 1 aromatic carbocycles. The minimum atomic E-state index is -1.67. The van der Waals surface area contributed by atoms with Crippen molar-refractivity contribution in [3.63, 3.8) is 0 Å². The third-order valence-electron chi connectivity index (χ3n) is 3.14. The maximum absolute atomic E-state index is 11.8. The molecule has 0 fully saturated rings. The first-order valence-corrected chi connectivity index (χ1v) is 7.85. The van der Waals surface area contributed by atoms with E-state index in [1.54, 1.807) is 42.5 Å². The van der Waals surface area contributed by atoms with Crippen molar-refractivity contribution in [3.05, 3.63) is 45.9 Å². The van der Waals surface area contributed by atoms with Crippen LogP contribution in [0.15, 0.2) is 29.6 Å². The van der Waals surface area contributed by atoms with Gasteiger partial charge in [-0.15, -0.1) is 11.3 Å². The van der Waals surface area contributed by atoms with Gasteiger partial charge in [-0.1, -0.05) is 12.1 Å². The summed E-state index contributed by atoms with van der Waals surface area (Å²) in [5.74, 6) is -0.0179. The third kappa shape index (κ3) is 3.84. The van der Waals surface area contributed by atoms with Crippen LogP contribution < -0.4 is 4.74 Å². The fourth-order valence-electron chi connectivity index (χ4n) is 1.90. The molecule has 118 valence electrons. The standard InChI is InChI=1S/C16H19NO4S/c1-4-20-15(18)16(3,19)12-5-7-14(8-6-12)21-9-13-10-22-11(2)17-13/h5-8,10,19H,4,9H2,1-3H3. The SMILES string of the molecule is CCOC(=O)C(C)(O)c1ccc(OCc2csc(C)n2)cc1. The summed E-state index contributed by atoms with van der Waals surface area (Å²) >= 11 is 1.58. The number of thiazole rings is 1. The molecular weight excluding hydrogens is 302 g/mol. The molecular formula is C16H19NO4S. The molecule has 22 heavy (non-hydrogen) atoms. The summed E-state index contributed by atoms with van der Waals surface area (Å²) in [5.41, 5.74) is -0.325. The van der Waals surface area contributed by atoms with Crippen molar-refractivity contribution >= 4 is 17.3 Å². The number of rotatable bonds is 6. The van der Waals surface area contributed by atoms with Gasteiger partial charge in [0.05, 0.1) is 17.3 Å². The summed E-state index contributed by atoms with van der Waals surface area (Å²) in [6, 6.07) is 6.72. The molecule has 1 unspecified atom stereocenters. The molecule has 0 spiro atoms. The van der Waals surface area contributed by atoms with Gasteiger partial charge in [0.2, 0.25) is 0 Å². The van der Waals surface area contributed by atoms with Crippen molar-refractivity contribution in [1.29, 1.82) is 0 Å². The Labute approximate surface area is 133 Å². The predicted octanol–water partition coefficient (Wildman–Crippen LogP) is 2.80. The second-order valence-electron chi connectivity index (χ2n) is 4.96. The van der Waals surface area contributed by atoms with Crippen LogP contribution in [0, 0.1) is 6.92 Å². The number of ether oxygens (including phenoxy) is 2. The fraction of sp³-hybridized carbons (Fsp3) is 0.375. The lowest BCUT2D eigenvalue weighted by Gasteiger charge is -2.21. The van der Waals surface area contributed by atoms with Crippen molar-refractivity contribution in [3.8, 4) is 5.75 Å². The number of carbonyl (C=O) groups is 1. The topological polar surface area (TPSA) is 68.7 Å². The Hall–Kier alpha value is -1.92. The molecule has 0 aliphatic rings. The Morgan fingerprint density at radius 1 is 1.36 bits per heavy atom. The summed E-state index contributed by atoms with van der Waals surface area (Å²) in [6.07, 6.45) is 0. The zero-order valence-corrected chi connectivity index (χ0v) is 13.6. The van der Waals surface area contributed by atoms with E-state index in [2.05, 4.69) is 4.98 Å². The number of carbonyl (C=O) groups excluding carboxylic acids is 1. The lowest BCUT2D eigenvalue weighted by molar-refractivity contribution is -0.164. The average molecular weight is 321 g/mol. The normalized spacial score (nSPS) is 13.5. The number of aliphatic hydroxyl groups is 1. The predicted molar refractivity (Wildman–Crippen MR) is 83.8 cm³/mol. The van der Waals surface area contributed by atoms with Crippen LogP contribution in [0.4, 0.5) is 0 Å². The van der Waals surface area contributed by atoms with Crippen LogP contribution in [-0.2, 0) is 21.7 Å². The number of aromatic nitrogens is 1. The van der Waals surface area contributed by atoms with Crippen LogP contribution in [0.5, 0.6) is 5.75 Å². The number of hydrogen-bond acceptors (Lipinski definition) is 6. The van der Waals surface area contributed by atoms with Crippen LogP contribution in [0.25, 0.3) is 0 Å². The van der Waals surface area contributed by atoms with E-state index in [0.717, 1.165) is 10.7 Å². The second kappa shape index (κ2) is 6.89. The first kappa shape index (κ1) is 16.5. The Bertz CT molecular complexity index is 634. The molecule has 0 saturated heterocycles. The van der Waals surface area contributed by atoms with Gasteiger partial charge in [-0.05, 0) is 38.5 Å². The molecule has 2 aromatic rings. The Balaban J connectivity index is 2.02. The molecule has 0 amide bonds. The monoisotopic (exact) mass is 321 g/mol. The van der Waals surface area contributed by atoms with Crippen molar-refractivity contribution in [2.45, 2.75) is 33.0 Å². The number of nitrogens with zero attached hydrogens (tertiary/aromatic N) is 1. The van der Waals surface area contributed by atoms with E-state index < -0.39 is 11.6 Å². The molecule has 0 aliphatic heterocycles. The minimum absolute atomic E-state index is 0.225. The molecule has 0 saturated carbocycles. The van der Waals surface area contributed by atoms with Crippen molar-refractivity contribution in [1.82, 2.24) is 4.98 Å². The molecule has 1 atom stereocenters. The van der Waals surface area contributed by atoms with Crippen LogP contribution >= 0.6 is 11.3 Å². The maximum Gasteiger partial charge on any atom is 0.342 e. The van der Waals surface area contributed by atoms with Gasteiger partial charge >= 0.3 is 5.97 Å². The van der Waals surface area contributed by atoms with Crippen LogP contribution in [0.1, 0.15) is 30.1 Å². The van der Waals surface area contributed by atoms with Crippen molar-refractivity contribution < 1.29 is 19.4 Å². The van der Waals surface area contributed by atoms with E-state index in [1.807, 2.05) is 12.3 Å². The molecule has 6 heteroatoms. The van der Waals surface area contributed by atoms with E-state index in [1.165, 1.54) is 6.92 Å². The lowest BCUT2D eigenvalue weighted by atomic mass is 9.96. The summed E-state index contributed by atoms with van der Waals surface area (Å²) < 4.78 is 10.5. The molecule has 1 heterocycles. The van der Waals surface area contributed by atoms with Gasteiger partial charge in [-0.3, -0.25) is 0 Å². The zero-order valence-electron chi connectivity index (χ0n) is 12.8. The van der Waals surface area contributed by atoms with Gasteiger partial charge in [0.25, 0.3) is 0 Å². The summed E-state index contributed by atoms with van der Waals surface area (Å²) in [6.45, 7) is 5.67. The van der Waals surface area contributed by atoms with E-state index in [4.69, 9.17) is 9.47 Å². The van der Waals surface area contributed by atoms with E-state index in [-0.39, 0.29) is 6.61 Å². The summed E-state index contributed by atoms with van der Waals surface area (Å²) in [7, 11) is 0. The van der Waals surface area contributed by atoms with E-state index in [0.29, 0.717) is 17.9 Å². The molecule has 0 aliphatic carbocycles. The van der Waals surface area contributed by atoms with Gasteiger partial charge in [0.1, 0.15) is 12.4 Å². The summed E-state index contributed by atoms with van der Waals surface area (Å²) in [5, 5.41) is 13.2. The number of benzene rings is 1. The highest BCUT2D eigenvalue weighted by atomic mass is 32.1. The number of esters is 1. The Kier molecular flexibility index (Phi) is 5.15. The van der Waals surface area contributed by atoms with Crippen LogP contribution in [0.2, 0.25) is 0 Å². The first-order chi connectivity index (χ1) is 10.4. The number of aryl methyl sites for hydroxylation is 1. The molecule has 1 N–H and O–H groups in total. The summed E-state index contributed by atoms with van der Waals surface area (Å²) in [4.78, 5) is 16.1. The molecule has 0 radical (unpaired) electrons. The Morgan fingerprint density at radius 2 is 2.05 bits per heavy atom. The Morgan fingerprint density at radius 3 is 2.59 bits per heavy atom. The van der Waals surface area contributed by atoms with Gasteiger partial charge in [-0.25, -0.2) is 9.78 Å². The highest BCUT2D eigenvalue weighted by molar-refractivity contribution is 7.09. The van der Waals surface area contributed by atoms with Gasteiger partial charge < -0.3 is 14.6 Å². The zero-order chi connectivity index (χ0) is 16.2. The lowest BCUT2D eigenvalue weighted by Crippen LogP contribution is -2.34. The van der Waals surface area contributed by atoms with Crippen molar-refractivity contribution in [2.24, 2.45) is 0 Å². The molecule has 0 bridgehead atoms. The van der Waals surface area contributed by atoms with Gasteiger partial charge in [0, 0.05) is 5.38 Å². The molecule has 2 rings (SSSR count). The van der Waals surface area contributed by atoms with E-state index in [9.17, 15) is 9.90 Å². The molecule has 5 nitrogen and oxygen atoms in total. The fourth-order valence-corrected chi connectivity index (χ4v) is 2.49. The smallest absolute Gasteiger partial charge is 0.342 e. The quantitative estimate of drug-likeness (QED) is 0.829. The second-order valence-corrected chi connectivity index (χ2v) is 6.03. The van der Waals surface area contributed by atoms with Crippen LogP contribution in [-0.4, -0.2) is 22.7 Å². The van der Waals surface area contributed by atoms with Gasteiger partial charge in [0.15, 0.2) is 5.60 Å². The number of hydrogen-bond donors (Lipinski definition) is 1. The molecule has 1 aromatic heterocycles. The minimum Gasteiger partial charge on any atom is -0.487 e. The highest BCUT2D eigenvalue weighted by Gasteiger charge is 2.33. The van der Waals surface area contributed by atoms with E-state index >= 15 is 0 Å². The highest BCUT2D eigenvalue weighted by Crippen LogP contribution is 2.25. The maximum atomic E-state index is 11.8. The average Bonchev–Trinajstić information content (AvgIpc) is 2.91. The van der Waals surface area contributed by atoms with Crippen molar-refractivity contribution in [2.75, 3.05) is 6.61 Å². The first-order valence-electron chi connectivity index (χ1n) is 6.97. The third-order valence-corrected chi connectivity index (χ3v) is 3.96. The van der Waals surface area contributed by atoms with Gasteiger partial charge in [-0.2, -0.15) is 0 Å². The van der Waals surface area contributed by atoms with Crippen LogP contribution in [0.3, 0.4) is 0 Å².